The van der Waals surface area contributed by atoms with Gasteiger partial charge in [0.05, 0.1) is 25.5 Å². The van der Waals surface area contributed by atoms with Crippen molar-refractivity contribution in [2.45, 2.75) is 26.2 Å². The highest BCUT2D eigenvalue weighted by Crippen LogP contribution is 2.42. The Morgan fingerprint density at radius 3 is 2.57 bits per heavy atom. The molecule has 0 aliphatic rings. The zero-order chi connectivity index (χ0) is 20.3. The third kappa shape index (κ3) is 3.43. The number of ether oxygens (including phenoxy) is 2. The maximum atomic E-state index is 11.9. The Morgan fingerprint density at radius 2 is 1.93 bits per heavy atom. The van der Waals surface area contributed by atoms with Crippen LogP contribution in [0.25, 0.3) is 22.2 Å². The average molecular weight is 382 g/mol. The first-order valence-corrected chi connectivity index (χ1v) is 9.32. The number of carbonyl (C=O) groups is 1. The fourth-order valence-electron chi connectivity index (χ4n) is 3.70. The van der Waals surface area contributed by atoms with Crippen LogP contribution in [-0.2, 0) is 6.42 Å². The summed E-state index contributed by atoms with van der Waals surface area (Å²) in [7, 11) is 3.20. The largest absolute Gasteiger partial charge is 0.493 e. The van der Waals surface area contributed by atoms with E-state index >= 15 is 0 Å². The minimum Gasteiger partial charge on any atom is -0.493 e. The Morgan fingerprint density at radius 1 is 1.14 bits per heavy atom. The van der Waals surface area contributed by atoms with E-state index in [1.54, 1.807) is 20.3 Å². The lowest BCUT2D eigenvalue weighted by molar-refractivity contribution is 0.0699. The summed E-state index contributed by atoms with van der Waals surface area (Å²) in [5.41, 5.74) is 10.5. The molecular formula is C22H26N2O4. The number of hydrogen-bond donors (Lipinski definition) is 3. The molecule has 1 heterocycles. The second-order valence-corrected chi connectivity index (χ2v) is 6.75. The number of nitrogens with two attached hydrogens (primary N) is 1. The highest BCUT2D eigenvalue weighted by Gasteiger charge is 2.23. The van der Waals surface area contributed by atoms with Crippen molar-refractivity contribution in [2.75, 3.05) is 20.8 Å². The number of H-pyrrole nitrogens is 1. The molecule has 6 nitrogen and oxygen atoms in total. The maximum absolute atomic E-state index is 11.9. The minimum atomic E-state index is -0.937. The molecule has 0 saturated heterocycles. The van der Waals surface area contributed by atoms with Crippen LogP contribution in [-0.4, -0.2) is 36.8 Å². The van der Waals surface area contributed by atoms with Gasteiger partial charge in [0, 0.05) is 16.5 Å². The quantitative estimate of drug-likeness (QED) is 0.509. The number of para-hydroxylation sites is 1. The van der Waals surface area contributed by atoms with Gasteiger partial charge in [0.2, 0.25) is 0 Å². The number of fused-ring (bicyclic) bond motifs is 1. The number of benzene rings is 2. The first kappa shape index (κ1) is 19.8. The number of carboxylic acids is 1. The summed E-state index contributed by atoms with van der Waals surface area (Å²) in [6.45, 7) is 2.58. The second-order valence-electron chi connectivity index (χ2n) is 6.75. The van der Waals surface area contributed by atoms with Gasteiger partial charge in [-0.15, -0.1) is 0 Å². The van der Waals surface area contributed by atoms with E-state index in [1.807, 2.05) is 31.2 Å². The van der Waals surface area contributed by atoms with E-state index in [4.69, 9.17) is 15.2 Å². The van der Waals surface area contributed by atoms with Crippen LogP contribution < -0.4 is 15.2 Å². The molecule has 0 unspecified atom stereocenters. The SMILES string of the molecule is COc1cccc(-c2[nH]c3c(C)ccc(C(=O)O)c3c2CCCCN)c1OC. The van der Waals surface area contributed by atoms with Crippen LogP contribution in [0.5, 0.6) is 11.5 Å². The van der Waals surface area contributed by atoms with E-state index < -0.39 is 5.97 Å². The molecule has 1 aromatic heterocycles. The number of hydrogen-bond acceptors (Lipinski definition) is 4. The summed E-state index contributed by atoms with van der Waals surface area (Å²) in [4.78, 5) is 15.4. The van der Waals surface area contributed by atoms with Gasteiger partial charge in [-0.25, -0.2) is 4.79 Å². The van der Waals surface area contributed by atoms with Crippen molar-refractivity contribution in [3.8, 4) is 22.8 Å². The monoisotopic (exact) mass is 382 g/mol. The Labute approximate surface area is 164 Å². The van der Waals surface area contributed by atoms with Gasteiger partial charge in [-0.05, 0) is 62.1 Å². The van der Waals surface area contributed by atoms with Crippen LogP contribution >= 0.6 is 0 Å². The van der Waals surface area contributed by atoms with Crippen molar-refractivity contribution < 1.29 is 19.4 Å². The second kappa shape index (κ2) is 8.35. The number of carboxylic acid groups (broad SMARTS) is 1. The van der Waals surface area contributed by atoms with Crippen molar-refractivity contribution in [3.63, 3.8) is 0 Å². The summed E-state index contributed by atoms with van der Waals surface area (Å²) in [6, 6.07) is 9.20. The molecule has 0 amide bonds. The van der Waals surface area contributed by atoms with Crippen molar-refractivity contribution in [1.82, 2.24) is 4.98 Å². The molecule has 3 aromatic rings. The van der Waals surface area contributed by atoms with Gasteiger partial charge < -0.3 is 25.3 Å². The smallest absolute Gasteiger partial charge is 0.336 e. The summed E-state index contributed by atoms with van der Waals surface area (Å²) < 4.78 is 11.1. The van der Waals surface area contributed by atoms with E-state index in [0.717, 1.165) is 52.5 Å². The third-order valence-corrected chi connectivity index (χ3v) is 5.05. The number of aryl methyl sites for hydroxylation is 2. The minimum absolute atomic E-state index is 0.299. The molecule has 0 aliphatic heterocycles. The van der Waals surface area contributed by atoms with Crippen LogP contribution in [0.1, 0.15) is 34.3 Å². The highest BCUT2D eigenvalue weighted by molar-refractivity contribution is 6.07. The van der Waals surface area contributed by atoms with Gasteiger partial charge in [-0.3, -0.25) is 0 Å². The van der Waals surface area contributed by atoms with Gasteiger partial charge in [0.1, 0.15) is 0 Å². The lowest BCUT2D eigenvalue weighted by Gasteiger charge is -2.13. The lowest BCUT2D eigenvalue weighted by Crippen LogP contribution is -2.02. The molecule has 0 spiro atoms. The number of rotatable bonds is 8. The van der Waals surface area contributed by atoms with Crippen LogP contribution in [0.4, 0.5) is 0 Å². The third-order valence-electron chi connectivity index (χ3n) is 5.05. The molecule has 3 rings (SSSR count). The normalized spacial score (nSPS) is 11.0. The molecule has 28 heavy (non-hydrogen) atoms. The van der Waals surface area contributed by atoms with Gasteiger partial charge in [0.25, 0.3) is 0 Å². The van der Waals surface area contributed by atoms with Crippen LogP contribution in [0.15, 0.2) is 30.3 Å². The molecule has 0 radical (unpaired) electrons. The van der Waals surface area contributed by atoms with Crippen LogP contribution in [0.3, 0.4) is 0 Å². The topological polar surface area (TPSA) is 97.6 Å². The first-order chi connectivity index (χ1) is 13.5. The average Bonchev–Trinajstić information content (AvgIpc) is 3.07. The van der Waals surface area contributed by atoms with Gasteiger partial charge >= 0.3 is 5.97 Å². The fraction of sp³-hybridized carbons (Fsp3) is 0.318. The predicted molar refractivity (Wildman–Crippen MR) is 111 cm³/mol. The van der Waals surface area contributed by atoms with E-state index in [1.165, 1.54) is 0 Å². The Balaban J connectivity index is 2.34. The molecule has 0 aliphatic carbocycles. The number of methoxy groups -OCH3 is 2. The zero-order valence-corrected chi connectivity index (χ0v) is 16.5. The van der Waals surface area contributed by atoms with Crippen molar-refractivity contribution in [3.05, 3.63) is 47.0 Å². The molecule has 0 atom stereocenters. The summed E-state index contributed by atoms with van der Waals surface area (Å²) in [6.07, 6.45) is 2.46. The van der Waals surface area contributed by atoms with Crippen molar-refractivity contribution in [2.24, 2.45) is 5.73 Å². The number of aromatic amines is 1. The molecule has 0 bridgehead atoms. The Hall–Kier alpha value is -2.99. The molecule has 0 saturated carbocycles. The number of nitrogens with one attached hydrogen (secondary N) is 1. The van der Waals surface area contributed by atoms with E-state index in [2.05, 4.69) is 4.98 Å². The molecule has 0 fully saturated rings. The Bertz CT molecular complexity index is 1010. The Kier molecular flexibility index (Phi) is 5.90. The number of aromatic carboxylic acids is 1. The van der Waals surface area contributed by atoms with Crippen LogP contribution in [0.2, 0.25) is 0 Å². The molecule has 6 heteroatoms. The zero-order valence-electron chi connectivity index (χ0n) is 16.5. The first-order valence-electron chi connectivity index (χ1n) is 9.32. The summed E-state index contributed by atoms with van der Waals surface area (Å²) >= 11 is 0. The van der Waals surface area contributed by atoms with E-state index in [9.17, 15) is 9.90 Å². The van der Waals surface area contributed by atoms with Crippen LogP contribution in [0, 0.1) is 6.92 Å². The number of unbranched alkanes of at least 4 members (excludes halogenated alkanes) is 1. The highest BCUT2D eigenvalue weighted by atomic mass is 16.5. The molecule has 148 valence electrons. The van der Waals surface area contributed by atoms with Crippen molar-refractivity contribution >= 4 is 16.9 Å². The molecule has 4 N–H and O–H groups in total. The molecule has 2 aromatic carbocycles. The summed E-state index contributed by atoms with van der Waals surface area (Å²) in [5.74, 6) is 0.307. The lowest BCUT2D eigenvalue weighted by atomic mass is 9.96. The van der Waals surface area contributed by atoms with Crippen molar-refractivity contribution in [1.29, 1.82) is 0 Å². The van der Waals surface area contributed by atoms with Gasteiger partial charge in [-0.1, -0.05) is 12.1 Å². The van der Waals surface area contributed by atoms with Gasteiger partial charge in [0.15, 0.2) is 11.5 Å². The maximum Gasteiger partial charge on any atom is 0.336 e. The number of aromatic nitrogens is 1. The summed E-state index contributed by atoms with van der Waals surface area (Å²) in [5, 5.41) is 10.5. The fourth-order valence-corrected chi connectivity index (χ4v) is 3.70. The standard InChI is InChI=1S/C22H26N2O4/c1-13-10-11-15(22(25)26)18-14(7-4-5-12-23)20(24-19(13)18)16-8-6-9-17(27-2)21(16)28-3/h6,8-11,24H,4-5,7,12,23H2,1-3H3,(H,25,26). The van der Waals surface area contributed by atoms with E-state index in [0.29, 0.717) is 23.6 Å². The molecular weight excluding hydrogens is 356 g/mol. The predicted octanol–water partition coefficient (Wildman–Crippen LogP) is 4.14. The van der Waals surface area contributed by atoms with E-state index in [-0.39, 0.29) is 0 Å². The van der Waals surface area contributed by atoms with Gasteiger partial charge in [-0.2, -0.15) is 0 Å².